The fraction of sp³-hybridized carbons (Fsp3) is 0.333. The molecule has 66 valence electrons. The first-order chi connectivity index (χ1) is 6.34. The molecule has 0 spiro atoms. The van der Waals surface area contributed by atoms with Gasteiger partial charge in [0.1, 0.15) is 5.15 Å². The van der Waals surface area contributed by atoms with E-state index < -0.39 is 0 Å². The standard InChI is InChI=1S/C9H8ClN3/c10-9-7-5-13(6-1-2-6)12-8(7)3-4-11-9/h3-6H,1-2H2. The molecule has 2 aromatic heterocycles. The number of halogens is 1. The summed E-state index contributed by atoms with van der Waals surface area (Å²) in [6, 6.07) is 2.49. The molecule has 3 rings (SSSR count). The van der Waals surface area contributed by atoms with Crippen molar-refractivity contribution in [2.75, 3.05) is 0 Å². The molecule has 1 fully saturated rings. The molecule has 0 atom stereocenters. The van der Waals surface area contributed by atoms with Gasteiger partial charge in [0.25, 0.3) is 0 Å². The van der Waals surface area contributed by atoms with Gasteiger partial charge in [-0.05, 0) is 18.9 Å². The molecule has 13 heavy (non-hydrogen) atoms. The van der Waals surface area contributed by atoms with Crippen LogP contribution in [0.5, 0.6) is 0 Å². The van der Waals surface area contributed by atoms with Gasteiger partial charge >= 0.3 is 0 Å². The Balaban J connectivity index is 2.26. The molecule has 0 amide bonds. The molecule has 2 aromatic rings. The number of pyridine rings is 1. The summed E-state index contributed by atoms with van der Waals surface area (Å²) in [7, 11) is 0. The van der Waals surface area contributed by atoms with Crippen molar-refractivity contribution in [2.24, 2.45) is 0 Å². The van der Waals surface area contributed by atoms with Crippen LogP contribution in [0.3, 0.4) is 0 Å². The SMILES string of the molecule is Clc1nccc2nn(C3CC3)cc12. The molecule has 0 aromatic carbocycles. The van der Waals surface area contributed by atoms with Crippen molar-refractivity contribution in [2.45, 2.75) is 18.9 Å². The van der Waals surface area contributed by atoms with Crippen LogP contribution >= 0.6 is 11.6 Å². The zero-order chi connectivity index (χ0) is 8.84. The molecule has 0 unspecified atom stereocenters. The monoisotopic (exact) mass is 193 g/mol. The molecule has 0 aliphatic heterocycles. The number of rotatable bonds is 1. The Hall–Kier alpha value is -1.09. The van der Waals surface area contributed by atoms with Crippen LogP contribution in [-0.2, 0) is 0 Å². The highest BCUT2D eigenvalue weighted by Gasteiger charge is 2.24. The van der Waals surface area contributed by atoms with Crippen LogP contribution in [-0.4, -0.2) is 14.8 Å². The van der Waals surface area contributed by atoms with E-state index in [1.54, 1.807) is 6.20 Å². The summed E-state index contributed by atoms with van der Waals surface area (Å²) in [5.74, 6) is 0. The van der Waals surface area contributed by atoms with E-state index in [1.807, 2.05) is 16.9 Å². The van der Waals surface area contributed by atoms with Crippen LogP contribution < -0.4 is 0 Å². The summed E-state index contributed by atoms with van der Waals surface area (Å²) in [6.07, 6.45) is 6.15. The Morgan fingerprint density at radius 1 is 1.46 bits per heavy atom. The Morgan fingerprint density at radius 3 is 3.00 bits per heavy atom. The number of aromatic nitrogens is 3. The van der Waals surface area contributed by atoms with E-state index in [1.165, 1.54) is 12.8 Å². The average molecular weight is 194 g/mol. The molecule has 0 N–H and O–H groups in total. The first kappa shape index (κ1) is 7.33. The molecule has 0 bridgehead atoms. The van der Waals surface area contributed by atoms with Gasteiger partial charge in [-0.15, -0.1) is 0 Å². The predicted molar refractivity (Wildman–Crippen MR) is 50.8 cm³/mol. The maximum absolute atomic E-state index is 5.93. The van der Waals surface area contributed by atoms with Gasteiger partial charge in [-0.3, -0.25) is 4.68 Å². The van der Waals surface area contributed by atoms with Crippen LogP contribution in [0.4, 0.5) is 0 Å². The number of fused-ring (bicyclic) bond motifs is 1. The van der Waals surface area contributed by atoms with Gasteiger partial charge in [-0.1, -0.05) is 11.6 Å². The van der Waals surface area contributed by atoms with Gasteiger partial charge in [0, 0.05) is 12.4 Å². The molecule has 0 radical (unpaired) electrons. The summed E-state index contributed by atoms with van der Waals surface area (Å²) in [4.78, 5) is 4.01. The molecule has 3 nitrogen and oxygen atoms in total. The first-order valence-corrected chi connectivity index (χ1v) is 4.72. The fourth-order valence-corrected chi connectivity index (χ4v) is 1.66. The van der Waals surface area contributed by atoms with E-state index in [2.05, 4.69) is 10.1 Å². The third kappa shape index (κ3) is 1.11. The fourth-order valence-electron chi connectivity index (χ4n) is 1.46. The maximum atomic E-state index is 5.93. The Kier molecular flexibility index (Phi) is 1.38. The van der Waals surface area contributed by atoms with Crippen molar-refractivity contribution in [1.29, 1.82) is 0 Å². The summed E-state index contributed by atoms with van der Waals surface area (Å²) < 4.78 is 2.00. The second kappa shape index (κ2) is 2.45. The van der Waals surface area contributed by atoms with E-state index >= 15 is 0 Å². The highest BCUT2D eigenvalue weighted by Crippen LogP contribution is 2.35. The molecule has 1 aliphatic carbocycles. The highest BCUT2D eigenvalue weighted by molar-refractivity contribution is 6.34. The van der Waals surface area contributed by atoms with Gasteiger partial charge < -0.3 is 0 Å². The number of hydrogen-bond acceptors (Lipinski definition) is 2. The van der Waals surface area contributed by atoms with Crippen LogP contribution in [0.1, 0.15) is 18.9 Å². The lowest BCUT2D eigenvalue weighted by Crippen LogP contribution is -1.92. The maximum Gasteiger partial charge on any atom is 0.139 e. The van der Waals surface area contributed by atoms with Gasteiger partial charge in [0.2, 0.25) is 0 Å². The van der Waals surface area contributed by atoms with Crippen molar-refractivity contribution < 1.29 is 0 Å². The molecule has 4 heteroatoms. The van der Waals surface area contributed by atoms with Crippen molar-refractivity contribution in [3.63, 3.8) is 0 Å². The molecular formula is C9H8ClN3. The molecule has 1 saturated carbocycles. The van der Waals surface area contributed by atoms with E-state index in [0.29, 0.717) is 11.2 Å². The topological polar surface area (TPSA) is 30.7 Å². The zero-order valence-corrected chi connectivity index (χ0v) is 7.70. The van der Waals surface area contributed by atoms with Crippen LogP contribution in [0.2, 0.25) is 5.15 Å². The lowest BCUT2D eigenvalue weighted by molar-refractivity contribution is 0.649. The zero-order valence-electron chi connectivity index (χ0n) is 6.94. The molecule has 2 heterocycles. The van der Waals surface area contributed by atoms with Crippen molar-refractivity contribution in [1.82, 2.24) is 14.8 Å². The average Bonchev–Trinajstić information content (AvgIpc) is 2.87. The number of hydrogen-bond donors (Lipinski definition) is 0. The third-order valence-corrected chi connectivity index (χ3v) is 2.63. The van der Waals surface area contributed by atoms with Crippen molar-refractivity contribution in [3.8, 4) is 0 Å². The normalized spacial score (nSPS) is 16.7. The third-order valence-electron chi connectivity index (χ3n) is 2.32. The summed E-state index contributed by atoms with van der Waals surface area (Å²) in [5.41, 5.74) is 0.937. The molecular weight excluding hydrogens is 186 g/mol. The quantitative estimate of drug-likeness (QED) is 0.652. The largest absolute Gasteiger partial charge is 0.268 e. The first-order valence-electron chi connectivity index (χ1n) is 4.34. The van der Waals surface area contributed by atoms with Gasteiger partial charge in [0.15, 0.2) is 0 Å². The minimum atomic E-state index is 0.546. The smallest absolute Gasteiger partial charge is 0.139 e. The number of nitrogens with zero attached hydrogens (tertiary/aromatic N) is 3. The van der Waals surface area contributed by atoms with Crippen LogP contribution in [0, 0.1) is 0 Å². The minimum Gasteiger partial charge on any atom is -0.268 e. The summed E-state index contributed by atoms with van der Waals surface area (Å²) in [5, 5.41) is 5.93. The van der Waals surface area contributed by atoms with Gasteiger partial charge in [0.05, 0.1) is 16.9 Å². The van der Waals surface area contributed by atoms with Crippen molar-refractivity contribution in [3.05, 3.63) is 23.6 Å². The van der Waals surface area contributed by atoms with Gasteiger partial charge in [-0.2, -0.15) is 5.10 Å². The van der Waals surface area contributed by atoms with E-state index in [-0.39, 0.29) is 0 Å². The summed E-state index contributed by atoms with van der Waals surface area (Å²) in [6.45, 7) is 0. The highest BCUT2D eigenvalue weighted by atomic mass is 35.5. The minimum absolute atomic E-state index is 0.546. The Bertz CT molecular complexity index is 459. The van der Waals surface area contributed by atoms with Crippen molar-refractivity contribution >= 4 is 22.5 Å². The Labute approximate surface area is 80.3 Å². The van der Waals surface area contributed by atoms with E-state index in [0.717, 1.165) is 10.9 Å². The lowest BCUT2D eigenvalue weighted by Gasteiger charge is -1.91. The predicted octanol–water partition coefficient (Wildman–Crippen LogP) is 2.42. The summed E-state index contributed by atoms with van der Waals surface area (Å²) >= 11 is 5.93. The lowest BCUT2D eigenvalue weighted by atomic mass is 10.3. The van der Waals surface area contributed by atoms with Crippen LogP contribution in [0.15, 0.2) is 18.5 Å². The van der Waals surface area contributed by atoms with Gasteiger partial charge in [-0.25, -0.2) is 4.98 Å². The second-order valence-electron chi connectivity index (χ2n) is 3.37. The molecule has 1 aliphatic rings. The molecule has 0 saturated heterocycles. The van der Waals surface area contributed by atoms with Crippen LogP contribution in [0.25, 0.3) is 10.9 Å². The second-order valence-corrected chi connectivity index (χ2v) is 3.73. The Morgan fingerprint density at radius 2 is 2.31 bits per heavy atom. The van der Waals surface area contributed by atoms with E-state index in [4.69, 9.17) is 11.6 Å². The van der Waals surface area contributed by atoms with E-state index in [9.17, 15) is 0 Å².